The molecule has 1 unspecified atom stereocenters. The zero-order valence-electron chi connectivity index (χ0n) is 11.7. The molecule has 0 saturated heterocycles. The summed E-state index contributed by atoms with van der Waals surface area (Å²) >= 11 is 0. The van der Waals surface area contributed by atoms with E-state index in [1.165, 1.54) is 0 Å². The number of ether oxygens (including phenoxy) is 2. The quantitative estimate of drug-likeness (QED) is 0.598. The largest absolute Gasteiger partial charge is 0.514 e. The van der Waals surface area contributed by atoms with Gasteiger partial charge in [0.15, 0.2) is 0 Å². The number of aryl methyl sites for hydroxylation is 1. The van der Waals surface area contributed by atoms with Crippen LogP contribution >= 0.6 is 0 Å². The average molecular weight is 270 g/mol. The van der Waals surface area contributed by atoms with Crippen molar-refractivity contribution >= 4 is 6.16 Å². The van der Waals surface area contributed by atoms with Gasteiger partial charge in [0.2, 0.25) is 0 Å². The third-order valence-corrected chi connectivity index (χ3v) is 3.09. The van der Waals surface area contributed by atoms with Crippen LogP contribution in [0.3, 0.4) is 0 Å². The molecule has 0 N–H and O–H groups in total. The van der Waals surface area contributed by atoms with Crippen molar-refractivity contribution in [2.75, 3.05) is 0 Å². The Morgan fingerprint density at radius 2 is 1.70 bits per heavy atom. The molecule has 0 heterocycles. The molecule has 0 bridgehead atoms. The molecular weight excluding hydrogens is 252 g/mol. The van der Waals surface area contributed by atoms with E-state index in [1.54, 1.807) is 24.3 Å². The second-order valence-electron chi connectivity index (χ2n) is 4.54. The van der Waals surface area contributed by atoms with Crippen molar-refractivity contribution in [1.29, 1.82) is 0 Å². The van der Waals surface area contributed by atoms with Gasteiger partial charge in [-0.1, -0.05) is 49.4 Å². The van der Waals surface area contributed by atoms with E-state index < -0.39 is 6.16 Å². The lowest BCUT2D eigenvalue weighted by molar-refractivity contribution is 0.0559. The zero-order chi connectivity index (χ0) is 14.4. The van der Waals surface area contributed by atoms with Crippen LogP contribution in [0, 0.1) is 6.92 Å². The summed E-state index contributed by atoms with van der Waals surface area (Å²) in [6, 6.07) is 16.8. The zero-order valence-corrected chi connectivity index (χ0v) is 11.7. The molecule has 3 nitrogen and oxygen atoms in total. The molecule has 104 valence electrons. The molecule has 0 aromatic heterocycles. The van der Waals surface area contributed by atoms with Crippen molar-refractivity contribution in [3.05, 3.63) is 65.7 Å². The molecule has 0 spiro atoms. The Morgan fingerprint density at radius 1 is 1.05 bits per heavy atom. The molecule has 20 heavy (non-hydrogen) atoms. The molecule has 2 aromatic carbocycles. The summed E-state index contributed by atoms with van der Waals surface area (Å²) in [5, 5.41) is 0. The molecule has 2 aromatic rings. The molecule has 0 fully saturated rings. The van der Waals surface area contributed by atoms with Gasteiger partial charge in [-0.3, -0.25) is 0 Å². The van der Waals surface area contributed by atoms with Crippen LogP contribution in [0.2, 0.25) is 0 Å². The van der Waals surface area contributed by atoms with Crippen LogP contribution in [-0.2, 0) is 4.74 Å². The fourth-order valence-corrected chi connectivity index (χ4v) is 2.04. The minimum atomic E-state index is -0.675. The normalized spacial score (nSPS) is 11.7. The number of carbonyl (C=O) groups excluding carboxylic acids is 1. The average Bonchev–Trinajstić information content (AvgIpc) is 2.46. The Morgan fingerprint density at radius 3 is 2.35 bits per heavy atom. The van der Waals surface area contributed by atoms with Gasteiger partial charge < -0.3 is 9.47 Å². The summed E-state index contributed by atoms with van der Waals surface area (Å²) in [5.74, 6) is 0.483. The molecule has 1 atom stereocenters. The lowest BCUT2D eigenvalue weighted by Gasteiger charge is -2.18. The Kier molecular flexibility index (Phi) is 4.77. The van der Waals surface area contributed by atoms with Gasteiger partial charge in [-0.25, -0.2) is 4.79 Å². The van der Waals surface area contributed by atoms with Crippen molar-refractivity contribution in [2.24, 2.45) is 0 Å². The molecule has 0 aliphatic carbocycles. The summed E-state index contributed by atoms with van der Waals surface area (Å²) < 4.78 is 10.6. The minimum absolute atomic E-state index is 0.285. The van der Waals surface area contributed by atoms with E-state index in [9.17, 15) is 4.79 Å². The van der Waals surface area contributed by atoms with Crippen molar-refractivity contribution in [3.63, 3.8) is 0 Å². The maximum Gasteiger partial charge on any atom is 0.514 e. The van der Waals surface area contributed by atoms with E-state index in [4.69, 9.17) is 9.47 Å². The highest BCUT2D eigenvalue weighted by Crippen LogP contribution is 2.25. The van der Waals surface area contributed by atoms with Gasteiger partial charge >= 0.3 is 6.16 Å². The first-order valence-corrected chi connectivity index (χ1v) is 6.69. The predicted octanol–water partition coefficient (Wildman–Crippen LogP) is 4.66. The molecule has 0 saturated carbocycles. The van der Waals surface area contributed by atoms with Crippen LogP contribution in [-0.4, -0.2) is 6.16 Å². The van der Waals surface area contributed by atoms with Crippen LogP contribution in [0.15, 0.2) is 54.6 Å². The van der Waals surface area contributed by atoms with Gasteiger partial charge in [-0.2, -0.15) is 0 Å². The maximum atomic E-state index is 11.8. The second kappa shape index (κ2) is 6.75. The van der Waals surface area contributed by atoms with Gasteiger partial charge in [-0.05, 0) is 36.6 Å². The predicted molar refractivity (Wildman–Crippen MR) is 77.8 cm³/mol. The molecular formula is C17H18O3. The molecule has 0 aliphatic rings. The van der Waals surface area contributed by atoms with E-state index >= 15 is 0 Å². The summed E-state index contributed by atoms with van der Waals surface area (Å²) in [4.78, 5) is 11.8. The molecule has 0 radical (unpaired) electrons. The highest BCUT2D eigenvalue weighted by atomic mass is 16.7. The van der Waals surface area contributed by atoms with E-state index in [2.05, 4.69) is 0 Å². The third kappa shape index (κ3) is 3.60. The first kappa shape index (κ1) is 14.1. The van der Waals surface area contributed by atoms with Gasteiger partial charge in [-0.15, -0.1) is 0 Å². The Hall–Kier alpha value is -2.29. The van der Waals surface area contributed by atoms with Gasteiger partial charge in [0.25, 0.3) is 0 Å². The van der Waals surface area contributed by atoms with Gasteiger partial charge in [0.05, 0.1) is 0 Å². The standard InChI is InChI=1S/C17H18O3/c1-3-16(15-12-8-7-9-13(15)2)20-17(18)19-14-10-5-4-6-11-14/h4-12,16H,3H2,1-2H3. The summed E-state index contributed by atoms with van der Waals surface area (Å²) in [6.07, 6.45) is -0.256. The summed E-state index contributed by atoms with van der Waals surface area (Å²) in [7, 11) is 0. The highest BCUT2D eigenvalue weighted by molar-refractivity contribution is 5.64. The molecule has 2 rings (SSSR count). The van der Waals surface area contributed by atoms with Crippen molar-refractivity contribution in [1.82, 2.24) is 0 Å². The van der Waals surface area contributed by atoms with E-state index in [0.29, 0.717) is 12.2 Å². The number of rotatable bonds is 4. The fourth-order valence-electron chi connectivity index (χ4n) is 2.04. The van der Waals surface area contributed by atoms with Crippen LogP contribution in [0.25, 0.3) is 0 Å². The number of benzene rings is 2. The maximum absolute atomic E-state index is 11.8. The lowest BCUT2D eigenvalue weighted by Crippen LogP contribution is -2.15. The highest BCUT2D eigenvalue weighted by Gasteiger charge is 2.17. The Balaban J connectivity index is 2.04. The Bertz CT molecular complexity index is 563. The molecule has 0 aliphatic heterocycles. The summed E-state index contributed by atoms with van der Waals surface area (Å²) in [5.41, 5.74) is 2.12. The van der Waals surface area contributed by atoms with Crippen LogP contribution in [0.1, 0.15) is 30.6 Å². The van der Waals surface area contributed by atoms with E-state index in [0.717, 1.165) is 11.1 Å². The topological polar surface area (TPSA) is 35.5 Å². The van der Waals surface area contributed by atoms with Gasteiger partial charge in [0.1, 0.15) is 11.9 Å². The number of hydrogen-bond donors (Lipinski definition) is 0. The second-order valence-corrected chi connectivity index (χ2v) is 4.54. The number of carbonyl (C=O) groups is 1. The van der Waals surface area contributed by atoms with Crippen LogP contribution in [0.4, 0.5) is 4.79 Å². The first-order valence-electron chi connectivity index (χ1n) is 6.69. The lowest BCUT2D eigenvalue weighted by atomic mass is 10.0. The number of para-hydroxylation sites is 1. The minimum Gasteiger partial charge on any atom is -0.426 e. The van der Waals surface area contributed by atoms with Crippen molar-refractivity contribution in [3.8, 4) is 5.75 Å². The van der Waals surface area contributed by atoms with E-state index in [-0.39, 0.29) is 6.10 Å². The Labute approximate surface area is 119 Å². The SMILES string of the molecule is CCC(OC(=O)Oc1ccccc1)c1ccccc1C. The monoisotopic (exact) mass is 270 g/mol. The van der Waals surface area contributed by atoms with Crippen LogP contribution < -0.4 is 4.74 Å². The first-order chi connectivity index (χ1) is 9.70. The summed E-state index contributed by atoms with van der Waals surface area (Å²) in [6.45, 7) is 3.98. The van der Waals surface area contributed by atoms with E-state index in [1.807, 2.05) is 44.2 Å². The molecule has 0 amide bonds. The third-order valence-electron chi connectivity index (χ3n) is 3.09. The van der Waals surface area contributed by atoms with Crippen molar-refractivity contribution in [2.45, 2.75) is 26.4 Å². The van der Waals surface area contributed by atoms with Crippen LogP contribution in [0.5, 0.6) is 5.75 Å². The fraction of sp³-hybridized carbons (Fsp3) is 0.235. The molecule has 3 heteroatoms. The number of hydrogen-bond acceptors (Lipinski definition) is 3. The van der Waals surface area contributed by atoms with Crippen molar-refractivity contribution < 1.29 is 14.3 Å². The smallest absolute Gasteiger partial charge is 0.426 e. The van der Waals surface area contributed by atoms with Gasteiger partial charge in [0, 0.05) is 0 Å².